The second-order valence-electron chi connectivity index (χ2n) is 2.45. The molecule has 0 bridgehead atoms. The summed E-state index contributed by atoms with van der Waals surface area (Å²) in [5.41, 5.74) is 11.0. The Hall–Kier alpha value is -0.940. The fourth-order valence-electron chi connectivity index (χ4n) is 0.746. The highest BCUT2D eigenvalue weighted by molar-refractivity contribution is 7.09. The average molecular weight is 185 g/mol. The van der Waals surface area contributed by atoms with Gasteiger partial charge < -0.3 is 11.5 Å². The summed E-state index contributed by atoms with van der Waals surface area (Å²) in [4.78, 5) is 14.7. The highest BCUT2D eigenvalue weighted by Crippen LogP contribution is 2.18. The van der Waals surface area contributed by atoms with Gasteiger partial charge in [-0.3, -0.25) is 4.79 Å². The van der Waals surface area contributed by atoms with E-state index >= 15 is 0 Å². The van der Waals surface area contributed by atoms with Gasteiger partial charge in [0.1, 0.15) is 10.7 Å². The first-order chi connectivity index (χ1) is 5.65. The molecule has 1 atom stereocenters. The molecule has 4 nitrogen and oxygen atoms in total. The molecule has 12 heavy (non-hydrogen) atoms. The molecular formula is C7H11N3OS. The van der Waals surface area contributed by atoms with Crippen molar-refractivity contribution < 1.29 is 4.79 Å². The van der Waals surface area contributed by atoms with Crippen LogP contribution in [0.1, 0.15) is 34.9 Å². The lowest BCUT2D eigenvalue weighted by molar-refractivity contribution is 0.0996. The molecule has 0 saturated carbocycles. The van der Waals surface area contributed by atoms with Gasteiger partial charge in [0.05, 0.1) is 6.04 Å². The molecule has 5 heteroatoms. The summed E-state index contributed by atoms with van der Waals surface area (Å²) in [7, 11) is 0. The first-order valence-corrected chi connectivity index (χ1v) is 4.54. The largest absolute Gasteiger partial charge is 0.364 e. The van der Waals surface area contributed by atoms with E-state index in [4.69, 9.17) is 11.5 Å². The van der Waals surface area contributed by atoms with Crippen molar-refractivity contribution in [2.75, 3.05) is 0 Å². The van der Waals surface area contributed by atoms with E-state index < -0.39 is 5.91 Å². The van der Waals surface area contributed by atoms with Crippen LogP contribution in [0, 0.1) is 0 Å². The van der Waals surface area contributed by atoms with Crippen LogP contribution >= 0.6 is 11.3 Å². The maximum absolute atomic E-state index is 10.7. The van der Waals surface area contributed by atoms with Crippen LogP contribution in [-0.4, -0.2) is 10.9 Å². The number of primary amides is 1. The smallest absolute Gasteiger partial charge is 0.268 e. The molecule has 4 N–H and O–H groups in total. The van der Waals surface area contributed by atoms with Crippen LogP contribution in [0.2, 0.25) is 0 Å². The zero-order valence-corrected chi connectivity index (χ0v) is 7.60. The zero-order valence-electron chi connectivity index (χ0n) is 6.78. The second-order valence-corrected chi connectivity index (χ2v) is 3.34. The van der Waals surface area contributed by atoms with E-state index in [0.29, 0.717) is 5.69 Å². The van der Waals surface area contributed by atoms with Gasteiger partial charge in [0, 0.05) is 5.38 Å². The number of thiazole rings is 1. The fraction of sp³-hybridized carbons (Fsp3) is 0.429. The molecule has 0 aliphatic carbocycles. The summed E-state index contributed by atoms with van der Waals surface area (Å²) in [5, 5.41) is 2.40. The van der Waals surface area contributed by atoms with Gasteiger partial charge in [-0.2, -0.15) is 0 Å². The van der Waals surface area contributed by atoms with Crippen LogP contribution in [0.15, 0.2) is 5.38 Å². The van der Waals surface area contributed by atoms with Crippen molar-refractivity contribution in [2.24, 2.45) is 11.5 Å². The third-order valence-electron chi connectivity index (χ3n) is 1.53. The highest BCUT2D eigenvalue weighted by Gasteiger charge is 2.10. The van der Waals surface area contributed by atoms with E-state index in [1.165, 1.54) is 11.3 Å². The van der Waals surface area contributed by atoms with Gasteiger partial charge in [-0.05, 0) is 6.42 Å². The van der Waals surface area contributed by atoms with E-state index in [9.17, 15) is 4.79 Å². The Morgan fingerprint density at radius 1 is 1.83 bits per heavy atom. The molecule has 0 radical (unpaired) electrons. The average Bonchev–Trinajstić information content (AvgIpc) is 2.51. The molecule has 66 valence electrons. The minimum absolute atomic E-state index is 0.0805. The van der Waals surface area contributed by atoms with Crippen LogP contribution in [0.5, 0.6) is 0 Å². The molecule has 0 unspecified atom stereocenters. The molecule has 1 aromatic heterocycles. The molecule has 0 saturated heterocycles. The Labute approximate surface area is 74.6 Å². The number of carbonyl (C=O) groups is 1. The molecule has 0 aliphatic heterocycles. The van der Waals surface area contributed by atoms with Crippen LogP contribution < -0.4 is 11.5 Å². The van der Waals surface area contributed by atoms with Crippen molar-refractivity contribution in [1.82, 2.24) is 4.98 Å². The third kappa shape index (κ3) is 1.80. The Morgan fingerprint density at radius 3 is 2.92 bits per heavy atom. The van der Waals surface area contributed by atoms with Gasteiger partial charge in [0.15, 0.2) is 0 Å². The van der Waals surface area contributed by atoms with Gasteiger partial charge in [-0.25, -0.2) is 4.98 Å². The van der Waals surface area contributed by atoms with E-state index in [1.54, 1.807) is 5.38 Å². The number of hydrogen-bond acceptors (Lipinski definition) is 4. The van der Waals surface area contributed by atoms with Gasteiger partial charge in [-0.1, -0.05) is 6.92 Å². The molecule has 0 spiro atoms. The fourth-order valence-corrected chi connectivity index (χ4v) is 1.64. The summed E-state index contributed by atoms with van der Waals surface area (Å²) >= 11 is 1.37. The minimum atomic E-state index is -0.499. The second kappa shape index (κ2) is 3.64. The summed E-state index contributed by atoms with van der Waals surface area (Å²) in [5.74, 6) is -0.499. The maximum atomic E-state index is 10.7. The first-order valence-electron chi connectivity index (χ1n) is 3.66. The Bertz CT molecular complexity index is 284. The van der Waals surface area contributed by atoms with Gasteiger partial charge in [0.2, 0.25) is 0 Å². The Kier molecular flexibility index (Phi) is 2.78. The SMILES string of the molecule is CC[C@H](N)c1nc(C(N)=O)cs1. The number of aromatic nitrogens is 1. The predicted molar refractivity (Wildman–Crippen MR) is 47.9 cm³/mol. The van der Waals surface area contributed by atoms with Gasteiger partial charge in [-0.15, -0.1) is 11.3 Å². The van der Waals surface area contributed by atoms with Gasteiger partial charge in [0.25, 0.3) is 5.91 Å². The number of hydrogen-bond donors (Lipinski definition) is 2. The third-order valence-corrected chi connectivity index (χ3v) is 2.51. The van der Waals surface area contributed by atoms with E-state index in [1.807, 2.05) is 6.92 Å². The Morgan fingerprint density at radius 2 is 2.50 bits per heavy atom. The molecule has 1 amide bonds. The quantitative estimate of drug-likeness (QED) is 0.725. The number of amides is 1. The molecule has 0 aromatic carbocycles. The van der Waals surface area contributed by atoms with Crippen molar-refractivity contribution in [3.05, 3.63) is 16.1 Å². The lowest BCUT2D eigenvalue weighted by Gasteiger charge is -2.01. The van der Waals surface area contributed by atoms with Gasteiger partial charge >= 0.3 is 0 Å². The number of rotatable bonds is 3. The highest BCUT2D eigenvalue weighted by atomic mass is 32.1. The summed E-state index contributed by atoms with van der Waals surface area (Å²) in [6, 6.07) is -0.0805. The predicted octanol–water partition coefficient (Wildman–Crippen LogP) is 0.652. The minimum Gasteiger partial charge on any atom is -0.364 e. The first kappa shape index (κ1) is 9.15. The molecule has 0 fully saturated rings. The standard InChI is InChI=1S/C7H11N3OS/c1-2-4(8)7-10-5(3-12-7)6(9)11/h3-4H,2,8H2,1H3,(H2,9,11)/t4-/m0/s1. The van der Waals surface area contributed by atoms with Crippen molar-refractivity contribution in [1.29, 1.82) is 0 Å². The number of carbonyl (C=O) groups excluding carboxylic acids is 1. The molecule has 1 heterocycles. The van der Waals surface area contributed by atoms with Crippen LogP contribution in [0.3, 0.4) is 0 Å². The number of nitrogens with zero attached hydrogens (tertiary/aromatic N) is 1. The van der Waals surface area contributed by atoms with E-state index in [-0.39, 0.29) is 6.04 Å². The summed E-state index contributed by atoms with van der Waals surface area (Å²) in [6.07, 6.45) is 0.811. The van der Waals surface area contributed by atoms with Crippen molar-refractivity contribution in [3.63, 3.8) is 0 Å². The Balaban J connectivity index is 2.84. The van der Waals surface area contributed by atoms with Crippen LogP contribution in [-0.2, 0) is 0 Å². The molecule has 1 aromatic rings. The molecular weight excluding hydrogens is 174 g/mol. The maximum Gasteiger partial charge on any atom is 0.268 e. The van der Waals surface area contributed by atoms with E-state index in [0.717, 1.165) is 11.4 Å². The molecule has 0 aliphatic rings. The lowest BCUT2D eigenvalue weighted by atomic mass is 10.2. The van der Waals surface area contributed by atoms with E-state index in [2.05, 4.69) is 4.98 Å². The van der Waals surface area contributed by atoms with Crippen LogP contribution in [0.25, 0.3) is 0 Å². The van der Waals surface area contributed by atoms with Crippen molar-refractivity contribution >= 4 is 17.2 Å². The van der Waals surface area contributed by atoms with Crippen molar-refractivity contribution in [3.8, 4) is 0 Å². The normalized spacial score (nSPS) is 12.8. The zero-order chi connectivity index (χ0) is 9.14. The lowest BCUT2D eigenvalue weighted by Crippen LogP contribution is -2.13. The summed E-state index contributed by atoms with van der Waals surface area (Å²) in [6.45, 7) is 1.97. The van der Waals surface area contributed by atoms with Crippen LogP contribution in [0.4, 0.5) is 0 Å². The topological polar surface area (TPSA) is 82.0 Å². The number of nitrogens with two attached hydrogens (primary N) is 2. The van der Waals surface area contributed by atoms with Crippen molar-refractivity contribution in [2.45, 2.75) is 19.4 Å². The monoisotopic (exact) mass is 185 g/mol. The molecule has 1 rings (SSSR count). The summed E-state index contributed by atoms with van der Waals surface area (Å²) < 4.78 is 0.